The van der Waals surface area contributed by atoms with Gasteiger partial charge in [0, 0.05) is 19.6 Å². The summed E-state index contributed by atoms with van der Waals surface area (Å²) in [6.45, 7) is 3.94. The lowest BCUT2D eigenvalue weighted by Crippen LogP contribution is -1.97. The SMILES string of the molecule is C1CCOC1.CCCC(=O)OC. The molecule has 0 aromatic heterocycles. The minimum absolute atomic E-state index is 0.123. The average Bonchev–Trinajstić information content (AvgIpc) is 2.62. The van der Waals surface area contributed by atoms with Crippen LogP contribution in [0.2, 0.25) is 0 Å². The predicted octanol–water partition coefficient (Wildman–Crippen LogP) is 1.76. The van der Waals surface area contributed by atoms with E-state index in [2.05, 4.69) is 4.74 Å². The number of hydrogen-bond donors (Lipinski definition) is 0. The van der Waals surface area contributed by atoms with E-state index in [0.717, 1.165) is 19.6 Å². The quantitative estimate of drug-likeness (QED) is 0.598. The molecule has 0 saturated carbocycles. The molecule has 12 heavy (non-hydrogen) atoms. The number of rotatable bonds is 2. The molecule has 1 aliphatic heterocycles. The van der Waals surface area contributed by atoms with Gasteiger partial charge in [0.2, 0.25) is 0 Å². The maximum absolute atomic E-state index is 10.2. The highest BCUT2D eigenvalue weighted by Gasteiger charge is 1.94. The van der Waals surface area contributed by atoms with E-state index in [1.807, 2.05) is 6.92 Å². The fourth-order valence-corrected chi connectivity index (χ4v) is 0.816. The van der Waals surface area contributed by atoms with Gasteiger partial charge in [0.15, 0.2) is 0 Å². The highest BCUT2D eigenvalue weighted by Crippen LogP contribution is 1.98. The highest BCUT2D eigenvalue weighted by atomic mass is 16.5. The van der Waals surface area contributed by atoms with E-state index in [1.54, 1.807) is 0 Å². The van der Waals surface area contributed by atoms with Gasteiger partial charge in [-0.3, -0.25) is 4.79 Å². The molecule has 72 valence electrons. The first-order valence-corrected chi connectivity index (χ1v) is 4.45. The van der Waals surface area contributed by atoms with Crippen molar-refractivity contribution in [3.63, 3.8) is 0 Å². The maximum Gasteiger partial charge on any atom is 0.305 e. The Morgan fingerprint density at radius 1 is 1.42 bits per heavy atom. The monoisotopic (exact) mass is 174 g/mol. The maximum atomic E-state index is 10.2. The van der Waals surface area contributed by atoms with Gasteiger partial charge >= 0.3 is 5.97 Å². The molecule has 1 saturated heterocycles. The van der Waals surface area contributed by atoms with Crippen LogP contribution in [0.25, 0.3) is 0 Å². The number of hydrogen-bond acceptors (Lipinski definition) is 3. The van der Waals surface area contributed by atoms with Gasteiger partial charge in [-0.2, -0.15) is 0 Å². The van der Waals surface area contributed by atoms with Crippen LogP contribution in [-0.4, -0.2) is 26.3 Å². The predicted molar refractivity (Wildman–Crippen MR) is 47.0 cm³/mol. The highest BCUT2D eigenvalue weighted by molar-refractivity contribution is 5.68. The smallest absolute Gasteiger partial charge is 0.305 e. The van der Waals surface area contributed by atoms with E-state index in [0.29, 0.717) is 6.42 Å². The molecule has 1 heterocycles. The standard InChI is InChI=1S/C5H10O2.C4H8O/c1-3-4-5(6)7-2;1-2-4-5-3-1/h3-4H2,1-2H3;1-4H2. The topological polar surface area (TPSA) is 35.5 Å². The summed E-state index contributed by atoms with van der Waals surface area (Å²) >= 11 is 0. The van der Waals surface area contributed by atoms with Crippen molar-refractivity contribution >= 4 is 5.97 Å². The second kappa shape index (κ2) is 8.53. The Labute approximate surface area is 74.0 Å². The summed E-state index contributed by atoms with van der Waals surface area (Å²) in [6.07, 6.45) is 3.96. The minimum Gasteiger partial charge on any atom is -0.469 e. The number of esters is 1. The van der Waals surface area contributed by atoms with Crippen molar-refractivity contribution in [2.45, 2.75) is 32.6 Å². The van der Waals surface area contributed by atoms with Crippen molar-refractivity contribution in [1.82, 2.24) is 0 Å². The van der Waals surface area contributed by atoms with E-state index in [1.165, 1.54) is 20.0 Å². The van der Waals surface area contributed by atoms with Crippen LogP contribution in [0, 0.1) is 0 Å². The second-order valence-electron chi connectivity index (χ2n) is 2.65. The first kappa shape index (κ1) is 11.4. The molecule has 0 aliphatic carbocycles. The third-order valence-corrected chi connectivity index (χ3v) is 1.51. The van der Waals surface area contributed by atoms with Crippen LogP contribution in [-0.2, 0) is 14.3 Å². The molecule has 3 nitrogen and oxygen atoms in total. The van der Waals surface area contributed by atoms with Gasteiger partial charge in [-0.25, -0.2) is 0 Å². The molecule has 0 radical (unpaired) electrons. The van der Waals surface area contributed by atoms with Gasteiger partial charge in [0.1, 0.15) is 0 Å². The Morgan fingerprint density at radius 2 is 2.00 bits per heavy atom. The lowest BCUT2D eigenvalue weighted by molar-refractivity contribution is -0.140. The Balaban J connectivity index is 0.000000211. The molecule has 1 rings (SSSR count). The summed E-state index contributed by atoms with van der Waals surface area (Å²) in [5.74, 6) is -0.123. The summed E-state index contributed by atoms with van der Waals surface area (Å²) in [5.41, 5.74) is 0. The fraction of sp³-hybridized carbons (Fsp3) is 0.889. The Hall–Kier alpha value is -0.570. The molecule has 1 fully saturated rings. The van der Waals surface area contributed by atoms with Crippen LogP contribution in [0.5, 0.6) is 0 Å². The first-order valence-electron chi connectivity index (χ1n) is 4.45. The summed E-state index contributed by atoms with van der Waals surface area (Å²) in [6, 6.07) is 0. The molecule has 0 unspecified atom stereocenters. The van der Waals surface area contributed by atoms with Crippen LogP contribution in [0.3, 0.4) is 0 Å². The van der Waals surface area contributed by atoms with Crippen LogP contribution < -0.4 is 0 Å². The normalized spacial score (nSPS) is 14.8. The van der Waals surface area contributed by atoms with E-state index in [9.17, 15) is 4.79 Å². The lowest BCUT2D eigenvalue weighted by Gasteiger charge is -1.91. The molecule has 1 aliphatic rings. The molecule has 0 aromatic carbocycles. The van der Waals surface area contributed by atoms with Crippen LogP contribution >= 0.6 is 0 Å². The number of carbonyl (C=O) groups is 1. The molecule has 0 N–H and O–H groups in total. The minimum atomic E-state index is -0.123. The molecular weight excluding hydrogens is 156 g/mol. The van der Waals surface area contributed by atoms with Crippen LogP contribution in [0.1, 0.15) is 32.6 Å². The molecule has 0 atom stereocenters. The molecule has 0 spiro atoms. The van der Waals surface area contributed by atoms with Crippen molar-refractivity contribution in [2.24, 2.45) is 0 Å². The Bertz CT molecular complexity index is 101. The van der Waals surface area contributed by atoms with Crippen molar-refractivity contribution in [3.05, 3.63) is 0 Å². The molecule has 0 amide bonds. The van der Waals surface area contributed by atoms with Crippen molar-refractivity contribution < 1.29 is 14.3 Å². The van der Waals surface area contributed by atoms with Gasteiger partial charge in [-0.15, -0.1) is 0 Å². The van der Waals surface area contributed by atoms with Crippen molar-refractivity contribution in [2.75, 3.05) is 20.3 Å². The third kappa shape index (κ3) is 7.54. The molecule has 3 heteroatoms. The van der Waals surface area contributed by atoms with E-state index in [-0.39, 0.29) is 5.97 Å². The molecular formula is C9H18O3. The number of ether oxygens (including phenoxy) is 2. The fourth-order valence-electron chi connectivity index (χ4n) is 0.816. The van der Waals surface area contributed by atoms with Gasteiger partial charge in [-0.05, 0) is 19.3 Å². The largest absolute Gasteiger partial charge is 0.469 e. The van der Waals surface area contributed by atoms with Crippen molar-refractivity contribution in [1.29, 1.82) is 0 Å². The molecule has 0 bridgehead atoms. The number of carbonyl (C=O) groups excluding carboxylic acids is 1. The second-order valence-corrected chi connectivity index (χ2v) is 2.65. The lowest BCUT2D eigenvalue weighted by atomic mass is 10.3. The van der Waals surface area contributed by atoms with E-state index < -0.39 is 0 Å². The van der Waals surface area contributed by atoms with Gasteiger partial charge in [0.25, 0.3) is 0 Å². The first-order chi connectivity index (χ1) is 5.81. The third-order valence-electron chi connectivity index (χ3n) is 1.51. The number of methoxy groups -OCH3 is 1. The van der Waals surface area contributed by atoms with Gasteiger partial charge in [-0.1, -0.05) is 6.92 Å². The average molecular weight is 174 g/mol. The summed E-state index contributed by atoms with van der Waals surface area (Å²) in [5, 5.41) is 0. The van der Waals surface area contributed by atoms with Gasteiger partial charge < -0.3 is 9.47 Å². The van der Waals surface area contributed by atoms with E-state index in [4.69, 9.17) is 4.74 Å². The van der Waals surface area contributed by atoms with Crippen LogP contribution in [0.15, 0.2) is 0 Å². The summed E-state index contributed by atoms with van der Waals surface area (Å²) < 4.78 is 9.30. The molecule has 0 aromatic rings. The zero-order valence-electron chi connectivity index (χ0n) is 7.97. The van der Waals surface area contributed by atoms with Crippen LogP contribution in [0.4, 0.5) is 0 Å². The van der Waals surface area contributed by atoms with Crippen molar-refractivity contribution in [3.8, 4) is 0 Å². The zero-order valence-corrected chi connectivity index (χ0v) is 7.97. The zero-order chi connectivity index (χ0) is 9.23. The Morgan fingerprint density at radius 3 is 2.17 bits per heavy atom. The van der Waals surface area contributed by atoms with Gasteiger partial charge in [0.05, 0.1) is 7.11 Å². The van der Waals surface area contributed by atoms with E-state index >= 15 is 0 Å². The Kier molecular flexibility index (Phi) is 8.12. The summed E-state index contributed by atoms with van der Waals surface area (Å²) in [4.78, 5) is 10.2. The summed E-state index contributed by atoms with van der Waals surface area (Å²) in [7, 11) is 1.40.